The van der Waals surface area contributed by atoms with Gasteiger partial charge in [-0.15, -0.1) is 12.4 Å². The number of nitrogens with zero attached hydrogens (tertiary/aromatic N) is 3. The normalized spacial score (nSPS) is 22.1. The number of carbonyl (C=O) groups is 1. The maximum absolute atomic E-state index is 12.3. The number of hydrogen-bond acceptors (Lipinski definition) is 4. The van der Waals surface area contributed by atoms with E-state index in [9.17, 15) is 4.79 Å². The van der Waals surface area contributed by atoms with Crippen molar-refractivity contribution in [3.8, 4) is 5.75 Å². The van der Waals surface area contributed by atoms with E-state index < -0.39 is 0 Å². The highest BCUT2D eigenvalue weighted by Gasteiger charge is 2.35. The van der Waals surface area contributed by atoms with E-state index in [0.29, 0.717) is 6.04 Å². The largest absolute Gasteiger partial charge is 0.497 e. The fraction of sp³-hybridized carbons (Fsp3) is 0.556. The number of aliphatic imine (C=N–C) groups is 1. The Balaban J connectivity index is 0.00000225. The first kappa shape index (κ1) is 19.9. The van der Waals surface area contributed by atoms with E-state index in [-0.39, 0.29) is 24.5 Å². The van der Waals surface area contributed by atoms with Crippen molar-refractivity contribution in [3.63, 3.8) is 0 Å². The number of halogens is 1. The summed E-state index contributed by atoms with van der Waals surface area (Å²) in [5.74, 6) is 1.67. The van der Waals surface area contributed by atoms with Crippen LogP contribution < -0.4 is 9.64 Å². The lowest BCUT2D eigenvalue weighted by Crippen LogP contribution is -2.48. The molecule has 1 aliphatic carbocycles. The summed E-state index contributed by atoms with van der Waals surface area (Å²) in [7, 11) is 3.68. The lowest BCUT2D eigenvalue weighted by Gasteiger charge is -2.33. The molecule has 7 heteroatoms. The standard InChI is InChI=1S/C18H25N3O2S.ClH/c1-13(22)21(15-8-10-16(23-3)11-9-15)17-12-24-18(20(17)2)19-14-6-4-5-7-14;/h8-11,14,17H,4-7,12H2,1-3H3;1H. The van der Waals surface area contributed by atoms with Gasteiger partial charge in [-0.1, -0.05) is 24.6 Å². The molecule has 2 aliphatic rings. The van der Waals surface area contributed by atoms with Crippen LogP contribution in [0.4, 0.5) is 5.69 Å². The van der Waals surface area contributed by atoms with E-state index in [1.807, 2.05) is 36.2 Å². The molecule has 5 nitrogen and oxygen atoms in total. The minimum atomic E-state index is 0. The molecule has 0 bridgehead atoms. The van der Waals surface area contributed by atoms with Gasteiger partial charge in [0.15, 0.2) is 5.17 Å². The van der Waals surface area contributed by atoms with Gasteiger partial charge in [-0.3, -0.25) is 14.7 Å². The van der Waals surface area contributed by atoms with E-state index in [2.05, 4.69) is 4.90 Å². The van der Waals surface area contributed by atoms with Gasteiger partial charge in [-0.2, -0.15) is 0 Å². The zero-order valence-corrected chi connectivity index (χ0v) is 16.6. The highest BCUT2D eigenvalue weighted by atomic mass is 35.5. The van der Waals surface area contributed by atoms with Crippen LogP contribution in [0.25, 0.3) is 0 Å². The number of anilines is 1. The summed E-state index contributed by atoms with van der Waals surface area (Å²) in [6, 6.07) is 8.11. The Morgan fingerprint density at radius 1 is 1.28 bits per heavy atom. The molecule has 1 unspecified atom stereocenters. The monoisotopic (exact) mass is 383 g/mol. The van der Waals surface area contributed by atoms with Gasteiger partial charge in [-0.05, 0) is 37.1 Å². The predicted molar refractivity (Wildman–Crippen MR) is 107 cm³/mol. The van der Waals surface area contributed by atoms with Crippen LogP contribution >= 0.6 is 24.2 Å². The maximum atomic E-state index is 12.3. The van der Waals surface area contributed by atoms with Gasteiger partial charge in [0.2, 0.25) is 5.91 Å². The van der Waals surface area contributed by atoms with Crippen molar-refractivity contribution in [2.75, 3.05) is 24.8 Å². The summed E-state index contributed by atoms with van der Waals surface area (Å²) in [6.45, 7) is 1.62. The molecule has 0 radical (unpaired) electrons. The van der Waals surface area contributed by atoms with Crippen molar-refractivity contribution < 1.29 is 9.53 Å². The van der Waals surface area contributed by atoms with Crippen LogP contribution in [0.5, 0.6) is 5.75 Å². The van der Waals surface area contributed by atoms with Crippen molar-refractivity contribution in [1.29, 1.82) is 0 Å². The topological polar surface area (TPSA) is 45.1 Å². The summed E-state index contributed by atoms with van der Waals surface area (Å²) in [5, 5.41) is 1.06. The second kappa shape index (κ2) is 8.81. The lowest BCUT2D eigenvalue weighted by atomic mass is 10.2. The number of thioether (sulfide) groups is 1. The molecule has 1 aliphatic heterocycles. The molecule has 1 saturated carbocycles. The van der Waals surface area contributed by atoms with Crippen LogP contribution in [0, 0.1) is 0 Å². The fourth-order valence-electron chi connectivity index (χ4n) is 3.36. The molecule has 1 atom stereocenters. The highest BCUT2D eigenvalue weighted by Crippen LogP contribution is 2.31. The zero-order chi connectivity index (χ0) is 17.1. The molecule has 1 heterocycles. The lowest BCUT2D eigenvalue weighted by molar-refractivity contribution is -0.117. The van der Waals surface area contributed by atoms with E-state index in [0.717, 1.165) is 22.4 Å². The molecule has 1 amide bonds. The number of hydrogen-bond donors (Lipinski definition) is 0. The van der Waals surface area contributed by atoms with Crippen molar-refractivity contribution in [2.45, 2.75) is 44.8 Å². The average molecular weight is 384 g/mol. The highest BCUT2D eigenvalue weighted by molar-refractivity contribution is 8.14. The Morgan fingerprint density at radius 3 is 2.48 bits per heavy atom. The predicted octanol–water partition coefficient (Wildman–Crippen LogP) is 3.77. The summed E-state index contributed by atoms with van der Waals surface area (Å²) < 4.78 is 5.21. The average Bonchev–Trinajstić information content (AvgIpc) is 3.21. The molecule has 2 fully saturated rings. The smallest absolute Gasteiger partial charge is 0.225 e. The van der Waals surface area contributed by atoms with Crippen molar-refractivity contribution in [1.82, 2.24) is 4.90 Å². The van der Waals surface area contributed by atoms with Crippen LogP contribution in [-0.2, 0) is 4.79 Å². The number of ether oxygens (including phenoxy) is 1. The van der Waals surface area contributed by atoms with Gasteiger partial charge < -0.3 is 9.64 Å². The molecule has 25 heavy (non-hydrogen) atoms. The van der Waals surface area contributed by atoms with E-state index in [4.69, 9.17) is 9.73 Å². The molecule has 138 valence electrons. The Hall–Kier alpha value is -1.40. The Labute approximate surface area is 160 Å². The molecule has 0 aromatic heterocycles. The minimum Gasteiger partial charge on any atom is -0.497 e. The van der Waals surface area contributed by atoms with Gasteiger partial charge in [0.05, 0.1) is 13.2 Å². The third-order valence-corrected chi connectivity index (χ3v) is 5.83. The fourth-order valence-corrected chi connectivity index (χ4v) is 4.58. The molecule has 0 N–H and O–H groups in total. The molecule has 1 aromatic carbocycles. The third-order valence-electron chi connectivity index (χ3n) is 4.72. The molecule has 3 rings (SSSR count). The number of amidine groups is 1. The minimum absolute atomic E-state index is 0. The molecular formula is C18H26ClN3O2S. The van der Waals surface area contributed by atoms with Crippen LogP contribution in [0.2, 0.25) is 0 Å². The SMILES string of the molecule is COc1ccc(N(C(C)=O)C2CSC(=NC3CCCC3)N2C)cc1.Cl. The van der Waals surface area contributed by atoms with Crippen LogP contribution in [-0.4, -0.2) is 48.1 Å². The summed E-state index contributed by atoms with van der Waals surface area (Å²) in [5.41, 5.74) is 0.892. The molecule has 1 aromatic rings. The third kappa shape index (κ3) is 4.42. The molecular weight excluding hydrogens is 358 g/mol. The first-order chi connectivity index (χ1) is 11.6. The van der Waals surface area contributed by atoms with E-state index in [1.54, 1.807) is 25.8 Å². The number of amides is 1. The number of carbonyl (C=O) groups excluding carboxylic acids is 1. The summed E-state index contributed by atoms with van der Waals surface area (Å²) in [4.78, 5) is 21.2. The zero-order valence-electron chi connectivity index (χ0n) is 15.0. The van der Waals surface area contributed by atoms with Gasteiger partial charge in [0.25, 0.3) is 0 Å². The molecule has 0 spiro atoms. The quantitative estimate of drug-likeness (QED) is 0.793. The first-order valence-electron chi connectivity index (χ1n) is 8.47. The number of rotatable bonds is 4. The summed E-state index contributed by atoms with van der Waals surface area (Å²) >= 11 is 1.75. The summed E-state index contributed by atoms with van der Waals surface area (Å²) in [6.07, 6.45) is 4.95. The van der Waals surface area contributed by atoms with Crippen LogP contribution in [0.15, 0.2) is 29.3 Å². The van der Waals surface area contributed by atoms with Gasteiger partial charge in [-0.25, -0.2) is 0 Å². The number of benzene rings is 1. The van der Waals surface area contributed by atoms with Crippen LogP contribution in [0.1, 0.15) is 32.6 Å². The molecule has 1 saturated heterocycles. The Kier molecular flexibility index (Phi) is 7.02. The van der Waals surface area contributed by atoms with E-state index >= 15 is 0 Å². The van der Waals surface area contributed by atoms with Crippen molar-refractivity contribution in [3.05, 3.63) is 24.3 Å². The van der Waals surface area contributed by atoms with Crippen LogP contribution in [0.3, 0.4) is 0 Å². The number of methoxy groups -OCH3 is 1. The Bertz CT molecular complexity index is 617. The Morgan fingerprint density at radius 2 is 1.92 bits per heavy atom. The van der Waals surface area contributed by atoms with Gasteiger partial charge in [0.1, 0.15) is 11.9 Å². The van der Waals surface area contributed by atoms with Gasteiger partial charge >= 0.3 is 0 Å². The van der Waals surface area contributed by atoms with Gasteiger partial charge in [0, 0.05) is 25.4 Å². The van der Waals surface area contributed by atoms with Crippen molar-refractivity contribution in [2.24, 2.45) is 4.99 Å². The first-order valence-corrected chi connectivity index (χ1v) is 9.46. The van der Waals surface area contributed by atoms with Crippen molar-refractivity contribution >= 4 is 40.9 Å². The second-order valence-corrected chi connectivity index (χ2v) is 7.33. The second-order valence-electron chi connectivity index (χ2n) is 6.34. The van der Waals surface area contributed by atoms with E-state index in [1.165, 1.54) is 25.7 Å². The maximum Gasteiger partial charge on any atom is 0.225 e.